The van der Waals surface area contributed by atoms with E-state index in [2.05, 4.69) is 25.9 Å². The monoisotopic (exact) mass is 689 g/mol. The standard InChI is InChI=1S/C39H47N9O3/c1-26(2)51-34-12-9-30(22-44-34)36(41)32-21-31(10-11-33(32)40)48-20-16-39(38(48)50)15-4-17-46(24-39)23-35(49)47-18-13-28(14-19-47)27-5-7-29(8-6-27)37(42)45-25-43-3/h5-13,21-22,25-26,41H,4,14-20,23-24,40H2,1-3H3,(H2,42,43,45)/t39-/m0/s1. The second kappa shape index (κ2) is 15.3. The summed E-state index contributed by atoms with van der Waals surface area (Å²) in [6.07, 6.45) is 8.29. The number of nitrogens with two attached hydrogens (primary N) is 2. The van der Waals surface area contributed by atoms with Crippen molar-refractivity contribution in [2.24, 2.45) is 21.1 Å². The van der Waals surface area contributed by atoms with Gasteiger partial charge in [0, 0.05) is 73.6 Å². The van der Waals surface area contributed by atoms with Crippen molar-refractivity contribution in [1.29, 1.82) is 5.41 Å². The molecule has 2 amide bonds. The lowest BCUT2D eigenvalue weighted by Crippen LogP contribution is -2.51. The second-order valence-electron chi connectivity index (χ2n) is 13.8. The van der Waals surface area contributed by atoms with Gasteiger partial charge < -0.3 is 26.0 Å². The number of pyridine rings is 1. The van der Waals surface area contributed by atoms with Gasteiger partial charge in [0.2, 0.25) is 17.7 Å². The number of likely N-dealkylation sites (tertiary alicyclic amines) is 1. The molecule has 2 saturated heterocycles. The van der Waals surface area contributed by atoms with Gasteiger partial charge in [-0.3, -0.25) is 24.9 Å². The zero-order valence-corrected chi connectivity index (χ0v) is 29.6. The summed E-state index contributed by atoms with van der Waals surface area (Å²) in [5.74, 6) is 1.07. The lowest BCUT2D eigenvalue weighted by molar-refractivity contribution is -0.135. The van der Waals surface area contributed by atoms with E-state index in [9.17, 15) is 9.59 Å². The van der Waals surface area contributed by atoms with Crippen molar-refractivity contribution >= 4 is 46.6 Å². The average Bonchev–Trinajstić information content (AvgIpc) is 3.44. The maximum atomic E-state index is 14.1. The second-order valence-corrected chi connectivity index (χ2v) is 13.8. The van der Waals surface area contributed by atoms with Crippen molar-refractivity contribution in [3.63, 3.8) is 0 Å². The number of carbonyl (C=O) groups excluding carboxylic acids is 2. The predicted octanol–water partition coefficient (Wildman–Crippen LogP) is 4.37. The number of nitrogen functional groups attached to an aromatic ring is 1. The molecule has 3 aromatic rings. The molecular formula is C39H47N9O3. The zero-order valence-electron chi connectivity index (χ0n) is 29.6. The van der Waals surface area contributed by atoms with Gasteiger partial charge in [-0.05, 0) is 81.5 Å². The van der Waals surface area contributed by atoms with E-state index in [-0.39, 0.29) is 23.6 Å². The highest BCUT2D eigenvalue weighted by Crippen LogP contribution is 2.42. The molecule has 0 saturated carbocycles. The highest BCUT2D eigenvalue weighted by atomic mass is 16.5. The van der Waals surface area contributed by atoms with Gasteiger partial charge in [-0.1, -0.05) is 30.3 Å². The summed E-state index contributed by atoms with van der Waals surface area (Å²) in [4.78, 5) is 45.8. The Morgan fingerprint density at radius 1 is 1.08 bits per heavy atom. The summed E-state index contributed by atoms with van der Waals surface area (Å²) in [6, 6.07) is 17.0. The van der Waals surface area contributed by atoms with Gasteiger partial charge in [-0.2, -0.15) is 0 Å². The van der Waals surface area contributed by atoms with E-state index in [4.69, 9.17) is 21.6 Å². The molecule has 2 aromatic carbocycles. The Hall–Kier alpha value is -5.36. The van der Waals surface area contributed by atoms with E-state index >= 15 is 0 Å². The fourth-order valence-corrected chi connectivity index (χ4v) is 7.23. The van der Waals surface area contributed by atoms with Crippen LogP contribution in [0.4, 0.5) is 11.4 Å². The number of aliphatic imine (C=N–C) groups is 2. The van der Waals surface area contributed by atoms with Gasteiger partial charge in [-0.25, -0.2) is 9.98 Å². The van der Waals surface area contributed by atoms with Crippen molar-refractivity contribution in [2.75, 3.05) is 56.9 Å². The number of benzene rings is 2. The minimum Gasteiger partial charge on any atom is -0.475 e. The van der Waals surface area contributed by atoms with E-state index < -0.39 is 5.41 Å². The first-order valence-corrected chi connectivity index (χ1v) is 17.5. The predicted molar refractivity (Wildman–Crippen MR) is 203 cm³/mol. The molecule has 0 radical (unpaired) electrons. The van der Waals surface area contributed by atoms with Crippen LogP contribution in [0.15, 0.2) is 76.9 Å². The molecule has 2 fully saturated rings. The first-order chi connectivity index (χ1) is 24.6. The van der Waals surface area contributed by atoms with Crippen LogP contribution in [0.5, 0.6) is 5.88 Å². The summed E-state index contributed by atoms with van der Waals surface area (Å²) < 4.78 is 5.64. The Bertz CT molecular complexity index is 1870. The Labute approximate surface area is 299 Å². The lowest BCUT2D eigenvalue weighted by atomic mass is 9.78. The van der Waals surface area contributed by atoms with Crippen LogP contribution in [0.2, 0.25) is 0 Å². The Balaban J connectivity index is 1.07. The number of carbonyl (C=O) groups is 2. The van der Waals surface area contributed by atoms with E-state index in [1.165, 1.54) is 11.9 Å². The highest BCUT2D eigenvalue weighted by Gasteiger charge is 2.49. The fraction of sp³-hybridized carbons (Fsp3) is 0.385. The number of amidine groups is 1. The van der Waals surface area contributed by atoms with E-state index in [1.54, 1.807) is 31.4 Å². The summed E-state index contributed by atoms with van der Waals surface area (Å²) in [7, 11) is 1.65. The topological polar surface area (TPSA) is 167 Å². The van der Waals surface area contributed by atoms with Crippen LogP contribution in [0, 0.1) is 10.8 Å². The molecule has 3 aliphatic heterocycles. The summed E-state index contributed by atoms with van der Waals surface area (Å²) in [6.45, 7) is 7.29. The molecule has 0 aliphatic carbocycles. The van der Waals surface area contributed by atoms with Gasteiger partial charge in [0.1, 0.15) is 12.2 Å². The number of aromatic nitrogens is 1. The fourth-order valence-electron chi connectivity index (χ4n) is 7.23. The number of nitrogens with zero attached hydrogens (tertiary/aromatic N) is 6. The van der Waals surface area contributed by atoms with Crippen LogP contribution < -0.4 is 21.1 Å². The Morgan fingerprint density at radius 2 is 1.86 bits per heavy atom. The molecule has 1 aromatic heterocycles. The number of rotatable bonds is 10. The minimum atomic E-state index is -0.539. The number of piperidine rings is 1. The largest absolute Gasteiger partial charge is 0.475 e. The van der Waals surface area contributed by atoms with E-state index in [1.807, 2.05) is 60.0 Å². The molecule has 266 valence electrons. The third-order valence-corrected chi connectivity index (χ3v) is 9.95. The van der Waals surface area contributed by atoms with Crippen LogP contribution in [-0.2, 0) is 9.59 Å². The van der Waals surface area contributed by atoms with Crippen molar-refractivity contribution in [1.82, 2.24) is 14.8 Å². The van der Waals surface area contributed by atoms with Gasteiger partial charge in [0.05, 0.1) is 23.8 Å². The van der Waals surface area contributed by atoms with Crippen LogP contribution in [0.3, 0.4) is 0 Å². The van der Waals surface area contributed by atoms with Crippen LogP contribution >= 0.6 is 0 Å². The summed E-state index contributed by atoms with van der Waals surface area (Å²) in [5.41, 5.74) is 17.5. The number of hydrogen-bond acceptors (Lipinski definition) is 8. The summed E-state index contributed by atoms with van der Waals surface area (Å²) in [5, 5.41) is 8.88. The molecule has 3 aliphatic rings. The Morgan fingerprint density at radius 3 is 2.55 bits per heavy atom. The number of nitrogens with one attached hydrogen (secondary N) is 1. The van der Waals surface area contributed by atoms with Gasteiger partial charge in [0.15, 0.2) is 0 Å². The third kappa shape index (κ3) is 7.86. The Kier molecular flexibility index (Phi) is 10.6. The first kappa shape index (κ1) is 35.5. The molecule has 6 rings (SSSR count). The zero-order chi connectivity index (χ0) is 36.1. The van der Waals surface area contributed by atoms with E-state index in [0.717, 1.165) is 42.6 Å². The molecule has 12 nitrogen and oxygen atoms in total. The lowest BCUT2D eigenvalue weighted by Gasteiger charge is -2.39. The number of hydrogen-bond donors (Lipinski definition) is 3. The molecule has 1 atom stereocenters. The van der Waals surface area contributed by atoms with Crippen LogP contribution in [0.25, 0.3) is 5.57 Å². The minimum absolute atomic E-state index is 0.00120. The SMILES string of the molecule is CN=CN=C(N)c1ccc(C2=CCN(C(=O)CN3CCC[C@]4(CCN(c5ccc(N)c(C(=N)c6ccc(OC(C)C)nc6)c5)C4=O)C3)CC2)cc1. The molecule has 5 N–H and O–H groups in total. The summed E-state index contributed by atoms with van der Waals surface area (Å²) >= 11 is 0. The molecule has 0 bridgehead atoms. The molecule has 1 spiro atoms. The van der Waals surface area contributed by atoms with Gasteiger partial charge in [0.25, 0.3) is 0 Å². The molecule has 4 heterocycles. The van der Waals surface area contributed by atoms with Gasteiger partial charge in [-0.15, -0.1) is 0 Å². The molecular weight excluding hydrogens is 642 g/mol. The number of amides is 2. The van der Waals surface area contributed by atoms with Crippen LogP contribution in [0.1, 0.15) is 61.8 Å². The molecule has 51 heavy (non-hydrogen) atoms. The van der Waals surface area contributed by atoms with Crippen LogP contribution in [-0.4, -0.2) is 96.9 Å². The highest BCUT2D eigenvalue weighted by molar-refractivity contribution is 6.14. The average molecular weight is 690 g/mol. The number of anilines is 2. The maximum Gasteiger partial charge on any atom is 0.237 e. The molecule has 12 heteroatoms. The normalized spacial score (nSPS) is 20.0. The number of ether oxygens (including phenoxy) is 1. The maximum absolute atomic E-state index is 14.1. The quantitative estimate of drug-likeness (QED) is 0.162. The first-order valence-electron chi connectivity index (χ1n) is 17.5. The van der Waals surface area contributed by atoms with E-state index in [0.29, 0.717) is 67.7 Å². The van der Waals surface area contributed by atoms with Crippen molar-refractivity contribution < 1.29 is 14.3 Å². The van der Waals surface area contributed by atoms with Crippen molar-refractivity contribution in [2.45, 2.75) is 45.6 Å². The van der Waals surface area contributed by atoms with Gasteiger partial charge >= 0.3 is 0 Å². The van der Waals surface area contributed by atoms with Crippen molar-refractivity contribution in [3.8, 4) is 5.88 Å². The third-order valence-electron chi connectivity index (χ3n) is 9.95. The van der Waals surface area contributed by atoms with Crippen molar-refractivity contribution in [3.05, 3.63) is 89.1 Å². The smallest absolute Gasteiger partial charge is 0.237 e. The molecule has 0 unspecified atom stereocenters.